The van der Waals surface area contributed by atoms with Crippen LogP contribution >= 0.6 is 0 Å². The number of hydrogen-bond acceptors (Lipinski definition) is 3. The monoisotopic (exact) mass is 321 g/mol. The molecule has 22 heavy (non-hydrogen) atoms. The van der Waals surface area contributed by atoms with Gasteiger partial charge in [0.15, 0.2) is 0 Å². The van der Waals surface area contributed by atoms with Crippen molar-refractivity contribution in [1.82, 2.24) is 4.98 Å². The summed E-state index contributed by atoms with van der Waals surface area (Å²) in [6.45, 7) is 9.38. The average molecular weight is 322 g/mol. The predicted molar refractivity (Wildman–Crippen MR) is 95.0 cm³/mol. The van der Waals surface area contributed by atoms with Crippen LogP contribution in [0.5, 0.6) is 0 Å². The minimum absolute atomic E-state index is 0.594. The van der Waals surface area contributed by atoms with Crippen molar-refractivity contribution in [3.63, 3.8) is 0 Å². The third-order valence-electron chi connectivity index (χ3n) is 3.56. The molecule has 1 rings (SSSR count). The molecule has 0 aliphatic rings. The second-order valence-electron chi connectivity index (χ2n) is 6.10. The molecule has 0 spiro atoms. The fourth-order valence-electron chi connectivity index (χ4n) is 2.20. The molecule has 0 unspecified atom stereocenters. The largest absolute Gasteiger partial charge is 0.395 e. The van der Waals surface area contributed by atoms with Crippen LogP contribution in [-0.4, -0.2) is 20.2 Å². The molecule has 0 N–H and O–H groups in total. The molecule has 0 atom stereocenters. The molecule has 0 radical (unpaired) electrons. The summed E-state index contributed by atoms with van der Waals surface area (Å²) in [5.74, 6) is 0. The van der Waals surface area contributed by atoms with Crippen LogP contribution in [0.4, 0.5) is 0 Å². The van der Waals surface area contributed by atoms with E-state index in [-0.39, 0.29) is 0 Å². The van der Waals surface area contributed by atoms with Gasteiger partial charge in [-0.15, -0.1) is 6.58 Å². The Balaban J connectivity index is 2.01. The minimum Gasteiger partial charge on any atom is -0.395 e. The van der Waals surface area contributed by atoms with Gasteiger partial charge in [-0.2, -0.15) is 0 Å². The molecule has 0 saturated carbocycles. The van der Waals surface area contributed by atoms with Gasteiger partial charge in [-0.3, -0.25) is 4.98 Å². The van der Waals surface area contributed by atoms with Crippen molar-refractivity contribution in [3.05, 3.63) is 42.7 Å². The molecule has 1 aromatic heterocycles. The van der Waals surface area contributed by atoms with E-state index in [1.807, 2.05) is 24.4 Å². The Morgan fingerprint density at radius 3 is 2.50 bits per heavy atom. The summed E-state index contributed by atoms with van der Waals surface area (Å²) in [6.07, 6.45) is 14.4. The van der Waals surface area contributed by atoms with Gasteiger partial charge in [0, 0.05) is 19.0 Å². The zero-order chi connectivity index (χ0) is 16.1. The lowest BCUT2D eigenvalue weighted by Gasteiger charge is -2.22. The Hall–Kier alpha value is -0.973. The summed E-state index contributed by atoms with van der Waals surface area (Å²) in [5.41, 5.74) is 1.10. The Kier molecular flexibility index (Phi) is 10.0. The highest BCUT2D eigenvalue weighted by Gasteiger charge is 2.24. The average Bonchev–Trinajstić information content (AvgIpc) is 2.52. The lowest BCUT2D eigenvalue weighted by Crippen LogP contribution is -2.35. The smallest absolute Gasteiger partial charge is 0.332 e. The number of pyridine rings is 1. The topological polar surface area (TPSA) is 31.4 Å². The van der Waals surface area contributed by atoms with Crippen LogP contribution < -0.4 is 0 Å². The summed E-state index contributed by atoms with van der Waals surface area (Å²) in [6, 6.07) is 3.97. The normalized spacial score (nSPS) is 11.5. The van der Waals surface area contributed by atoms with Gasteiger partial charge in [-0.25, -0.2) is 0 Å². The number of unbranched alkanes of at least 4 members (excludes halogenated alkanes) is 6. The van der Waals surface area contributed by atoms with Crippen molar-refractivity contribution in [1.29, 1.82) is 0 Å². The third kappa shape index (κ3) is 9.87. The van der Waals surface area contributed by atoms with Crippen LogP contribution in [0.1, 0.15) is 50.5 Å². The van der Waals surface area contributed by atoms with Crippen molar-refractivity contribution in [2.24, 2.45) is 0 Å². The van der Waals surface area contributed by atoms with Crippen molar-refractivity contribution in [2.75, 3.05) is 6.61 Å². The molecule has 0 saturated heterocycles. The molecule has 0 aliphatic heterocycles. The second kappa shape index (κ2) is 11.6. The highest BCUT2D eigenvalue weighted by Crippen LogP contribution is 2.12. The second-order valence-corrected chi connectivity index (χ2v) is 9.47. The minimum atomic E-state index is -2.01. The Morgan fingerprint density at radius 1 is 1.09 bits per heavy atom. The zero-order valence-corrected chi connectivity index (χ0v) is 15.2. The maximum absolute atomic E-state index is 5.98. The van der Waals surface area contributed by atoms with Crippen molar-refractivity contribution >= 4 is 8.56 Å². The predicted octanol–water partition coefficient (Wildman–Crippen LogP) is 5.23. The molecular weight excluding hydrogens is 290 g/mol. The SMILES string of the molecule is C=CCCCCCCCCO[Si](C)(C)OCc1cccnc1. The van der Waals surface area contributed by atoms with Crippen LogP contribution in [0.3, 0.4) is 0 Å². The molecule has 1 aromatic rings. The fraction of sp³-hybridized carbons (Fsp3) is 0.611. The molecule has 0 fully saturated rings. The Bertz CT molecular complexity index is 395. The van der Waals surface area contributed by atoms with Crippen molar-refractivity contribution in [3.8, 4) is 0 Å². The third-order valence-corrected chi connectivity index (χ3v) is 5.30. The van der Waals surface area contributed by atoms with Gasteiger partial charge in [0.25, 0.3) is 0 Å². The van der Waals surface area contributed by atoms with Gasteiger partial charge in [0.2, 0.25) is 0 Å². The quantitative estimate of drug-likeness (QED) is 0.283. The first kappa shape index (κ1) is 19.1. The fourth-order valence-corrected chi connectivity index (χ4v) is 3.43. The molecule has 3 nitrogen and oxygen atoms in total. The van der Waals surface area contributed by atoms with Crippen molar-refractivity contribution in [2.45, 2.75) is 64.6 Å². The van der Waals surface area contributed by atoms with Gasteiger partial charge < -0.3 is 8.85 Å². The first-order chi connectivity index (χ1) is 10.6. The lowest BCUT2D eigenvalue weighted by molar-refractivity contribution is 0.168. The first-order valence-electron chi connectivity index (χ1n) is 8.42. The molecular formula is C18H31NO2Si. The van der Waals surface area contributed by atoms with E-state index < -0.39 is 8.56 Å². The van der Waals surface area contributed by atoms with E-state index >= 15 is 0 Å². The zero-order valence-electron chi connectivity index (χ0n) is 14.2. The van der Waals surface area contributed by atoms with Crippen molar-refractivity contribution < 1.29 is 8.85 Å². The number of hydrogen-bond donors (Lipinski definition) is 0. The van der Waals surface area contributed by atoms with Crippen LogP contribution in [0.25, 0.3) is 0 Å². The summed E-state index contributed by atoms with van der Waals surface area (Å²) < 4.78 is 11.9. The van der Waals surface area contributed by atoms with Crippen LogP contribution in [-0.2, 0) is 15.5 Å². The van der Waals surface area contributed by atoms with Crippen LogP contribution in [0.2, 0.25) is 13.1 Å². The summed E-state index contributed by atoms with van der Waals surface area (Å²) in [7, 11) is -2.01. The molecule has 0 bridgehead atoms. The maximum Gasteiger partial charge on any atom is 0.332 e. The van der Waals surface area contributed by atoms with Gasteiger partial charge >= 0.3 is 8.56 Å². The van der Waals surface area contributed by atoms with Gasteiger partial charge in [0.1, 0.15) is 0 Å². The molecule has 0 amide bonds. The van der Waals surface area contributed by atoms with Gasteiger partial charge in [0.05, 0.1) is 6.61 Å². The Labute approximate surface area is 137 Å². The van der Waals surface area contributed by atoms with Crippen LogP contribution in [0, 0.1) is 0 Å². The number of rotatable bonds is 13. The van der Waals surface area contributed by atoms with Crippen LogP contribution in [0.15, 0.2) is 37.2 Å². The van der Waals surface area contributed by atoms with E-state index in [4.69, 9.17) is 8.85 Å². The van der Waals surface area contributed by atoms with E-state index in [2.05, 4.69) is 24.7 Å². The van der Waals surface area contributed by atoms with E-state index in [9.17, 15) is 0 Å². The molecule has 124 valence electrons. The van der Waals surface area contributed by atoms with E-state index in [1.165, 1.54) is 32.1 Å². The number of aromatic nitrogens is 1. The molecule has 1 heterocycles. The van der Waals surface area contributed by atoms with Gasteiger partial charge in [-0.05, 0) is 44.0 Å². The first-order valence-corrected chi connectivity index (χ1v) is 11.2. The number of nitrogens with zero attached hydrogens (tertiary/aromatic N) is 1. The summed E-state index contributed by atoms with van der Waals surface area (Å²) in [5, 5.41) is 0. The molecule has 4 heteroatoms. The summed E-state index contributed by atoms with van der Waals surface area (Å²) >= 11 is 0. The molecule has 0 aromatic carbocycles. The molecule has 0 aliphatic carbocycles. The lowest BCUT2D eigenvalue weighted by atomic mass is 10.1. The van der Waals surface area contributed by atoms with E-state index in [0.29, 0.717) is 6.61 Å². The van der Waals surface area contributed by atoms with E-state index in [1.54, 1.807) is 6.20 Å². The Morgan fingerprint density at radius 2 is 1.82 bits per heavy atom. The van der Waals surface area contributed by atoms with E-state index in [0.717, 1.165) is 25.0 Å². The maximum atomic E-state index is 5.98. The van der Waals surface area contributed by atoms with Gasteiger partial charge in [-0.1, -0.05) is 37.8 Å². The standard InChI is InChI=1S/C18H31NO2Si/c1-4-5-6-7-8-9-10-11-15-20-22(2,3)21-17-18-13-12-14-19-16-18/h4,12-14,16H,1,5-11,15,17H2,2-3H3. The highest BCUT2D eigenvalue weighted by atomic mass is 28.4. The summed E-state index contributed by atoms with van der Waals surface area (Å²) in [4.78, 5) is 4.10. The highest BCUT2D eigenvalue weighted by molar-refractivity contribution is 6.64. The number of allylic oxidation sites excluding steroid dienone is 1.